The average Bonchev–Trinajstić information content (AvgIpc) is 2.66. The predicted molar refractivity (Wildman–Crippen MR) is 94.1 cm³/mol. The Morgan fingerprint density at radius 3 is 2.80 bits per heavy atom. The number of amides is 2. The van der Waals surface area contributed by atoms with Crippen LogP contribution in [0.3, 0.4) is 0 Å². The Balaban J connectivity index is 1.63. The first-order valence-electron chi connectivity index (χ1n) is 8.72. The summed E-state index contributed by atoms with van der Waals surface area (Å²) in [5, 5.41) is 2.79. The third kappa shape index (κ3) is 6.72. The number of carbonyl (C=O) groups is 2. The van der Waals surface area contributed by atoms with Crippen LogP contribution in [0.25, 0.3) is 0 Å². The fraction of sp³-hybridized carbons (Fsp3) is 0.556. The molecule has 1 heterocycles. The minimum absolute atomic E-state index is 0.00922. The molecule has 1 aromatic carbocycles. The number of rotatable bonds is 9. The Kier molecular flexibility index (Phi) is 8.21. The van der Waals surface area contributed by atoms with Crippen LogP contribution in [0, 0.1) is 5.92 Å². The van der Waals surface area contributed by atoms with Crippen LogP contribution in [-0.4, -0.2) is 62.7 Å². The molecule has 1 saturated heterocycles. The monoisotopic (exact) mass is 349 g/mol. The minimum Gasteiger partial charge on any atom is -0.491 e. The quantitative estimate of drug-likeness (QED) is 0.629. The van der Waals surface area contributed by atoms with Crippen LogP contribution in [0.4, 0.5) is 0 Å². The maximum absolute atomic E-state index is 12.2. The van der Waals surface area contributed by atoms with E-state index in [1.165, 1.54) is 0 Å². The molecule has 0 radical (unpaired) electrons. The van der Waals surface area contributed by atoms with Gasteiger partial charge in [-0.2, -0.15) is 0 Å². The molecule has 1 aromatic rings. The number of carbonyl (C=O) groups excluding carboxylic acids is 2. The van der Waals surface area contributed by atoms with Crippen molar-refractivity contribution in [1.29, 1.82) is 0 Å². The van der Waals surface area contributed by atoms with E-state index in [1.807, 2.05) is 30.3 Å². The summed E-state index contributed by atoms with van der Waals surface area (Å²) >= 11 is 0. The van der Waals surface area contributed by atoms with Gasteiger partial charge in [0, 0.05) is 26.2 Å². The number of hydrogen-bond acceptors (Lipinski definition) is 5. The second-order valence-corrected chi connectivity index (χ2v) is 5.97. The predicted octanol–water partition coefficient (Wildman–Crippen LogP) is 0.396. The zero-order chi connectivity index (χ0) is 17.9. The first kappa shape index (κ1) is 19.2. The van der Waals surface area contributed by atoms with E-state index < -0.39 is 0 Å². The first-order chi connectivity index (χ1) is 12.2. The maximum atomic E-state index is 12.2. The number of ether oxygens (including phenoxy) is 2. The van der Waals surface area contributed by atoms with E-state index in [1.54, 1.807) is 4.90 Å². The van der Waals surface area contributed by atoms with Crippen molar-refractivity contribution in [1.82, 2.24) is 10.2 Å². The third-order valence-corrected chi connectivity index (χ3v) is 4.05. The van der Waals surface area contributed by atoms with Crippen LogP contribution in [0.15, 0.2) is 30.3 Å². The molecule has 0 saturated carbocycles. The van der Waals surface area contributed by atoms with Gasteiger partial charge in [-0.05, 0) is 25.0 Å². The molecule has 2 amide bonds. The van der Waals surface area contributed by atoms with Crippen LogP contribution >= 0.6 is 0 Å². The summed E-state index contributed by atoms with van der Waals surface area (Å²) in [6, 6.07) is 9.46. The molecule has 2 rings (SSSR count). The topological polar surface area (TPSA) is 93.9 Å². The standard InChI is InChI=1S/C18H27N3O4/c19-8-9-20-18(23)15-5-4-10-21(13-15)17(22)14-24-11-12-25-16-6-2-1-3-7-16/h1-3,6-7,15H,4-5,8-14,19H2,(H,20,23). The second kappa shape index (κ2) is 10.7. The summed E-state index contributed by atoms with van der Waals surface area (Å²) in [7, 11) is 0. The normalized spacial score (nSPS) is 17.2. The van der Waals surface area contributed by atoms with Gasteiger partial charge in [0.05, 0.1) is 12.5 Å². The van der Waals surface area contributed by atoms with Crippen molar-refractivity contribution in [2.24, 2.45) is 11.7 Å². The molecule has 7 heteroatoms. The number of nitrogens with one attached hydrogen (secondary N) is 1. The number of likely N-dealkylation sites (tertiary alicyclic amines) is 1. The summed E-state index contributed by atoms with van der Waals surface area (Å²) in [6.07, 6.45) is 1.62. The minimum atomic E-state index is -0.161. The van der Waals surface area contributed by atoms with Gasteiger partial charge in [0.25, 0.3) is 0 Å². The summed E-state index contributed by atoms with van der Waals surface area (Å²) in [6.45, 7) is 2.74. The van der Waals surface area contributed by atoms with Gasteiger partial charge < -0.3 is 25.4 Å². The van der Waals surface area contributed by atoms with E-state index in [0.717, 1.165) is 18.6 Å². The molecule has 0 bridgehead atoms. The lowest BCUT2D eigenvalue weighted by molar-refractivity contribution is -0.140. The van der Waals surface area contributed by atoms with E-state index in [2.05, 4.69) is 5.32 Å². The number of hydrogen-bond donors (Lipinski definition) is 2. The van der Waals surface area contributed by atoms with Crippen LogP contribution in [-0.2, 0) is 14.3 Å². The second-order valence-electron chi connectivity index (χ2n) is 5.97. The summed E-state index contributed by atoms with van der Waals surface area (Å²) in [4.78, 5) is 25.9. The van der Waals surface area contributed by atoms with E-state index in [0.29, 0.717) is 39.4 Å². The molecule has 1 unspecified atom stereocenters. The van der Waals surface area contributed by atoms with Gasteiger partial charge in [0.2, 0.25) is 11.8 Å². The van der Waals surface area contributed by atoms with Crippen molar-refractivity contribution < 1.29 is 19.1 Å². The van der Waals surface area contributed by atoms with E-state index in [9.17, 15) is 9.59 Å². The lowest BCUT2D eigenvalue weighted by Gasteiger charge is -2.32. The zero-order valence-corrected chi connectivity index (χ0v) is 14.5. The van der Waals surface area contributed by atoms with Crippen molar-refractivity contribution in [3.8, 4) is 5.75 Å². The molecule has 1 atom stereocenters. The molecule has 3 N–H and O–H groups in total. The third-order valence-electron chi connectivity index (χ3n) is 4.05. The lowest BCUT2D eigenvalue weighted by Crippen LogP contribution is -2.47. The zero-order valence-electron chi connectivity index (χ0n) is 14.5. The van der Waals surface area contributed by atoms with Crippen LogP contribution in [0.5, 0.6) is 5.75 Å². The van der Waals surface area contributed by atoms with Crippen LogP contribution in [0.1, 0.15) is 12.8 Å². The number of nitrogens with two attached hydrogens (primary N) is 1. The number of nitrogens with zero attached hydrogens (tertiary/aromatic N) is 1. The Bertz CT molecular complexity index is 538. The van der Waals surface area contributed by atoms with Crippen molar-refractivity contribution in [3.63, 3.8) is 0 Å². The highest BCUT2D eigenvalue weighted by atomic mass is 16.5. The molecular weight excluding hydrogens is 322 g/mol. The highest BCUT2D eigenvalue weighted by Crippen LogP contribution is 2.16. The Labute approximate surface area is 148 Å². The molecule has 0 aromatic heterocycles. The molecule has 1 fully saturated rings. The van der Waals surface area contributed by atoms with Gasteiger partial charge in [0.15, 0.2) is 0 Å². The number of benzene rings is 1. The largest absolute Gasteiger partial charge is 0.491 e. The summed E-state index contributed by atoms with van der Waals surface area (Å²) in [5.41, 5.74) is 5.39. The van der Waals surface area contributed by atoms with Crippen molar-refractivity contribution in [2.45, 2.75) is 12.8 Å². The van der Waals surface area contributed by atoms with Gasteiger partial charge in [-0.1, -0.05) is 18.2 Å². The molecule has 25 heavy (non-hydrogen) atoms. The summed E-state index contributed by atoms with van der Waals surface area (Å²) < 4.78 is 10.9. The molecule has 7 nitrogen and oxygen atoms in total. The first-order valence-corrected chi connectivity index (χ1v) is 8.72. The molecule has 1 aliphatic rings. The van der Waals surface area contributed by atoms with Gasteiger partial charge >= 0.3 is 0 Å². The molecule has 1 aliphatic heterocycles. The van der Waals surface area contributed by atoms with E-state index in [4.69, 9.17) is 15.2 Å². The SMILES string of the molecule is NCCNC(=O)C1CCCN(C(=O)COCCOc2ccccc2)C1. The summed E-state index contributed by atoms with van der Waals surface area (Å²) in [5.74, 6) is 0.501. The molecule has 0 aliphatic carbocycles. The van der Waals surface area contributed by atoms with Crippen molar-refractivity contribution in [2.75, 3.05) is 46.0 Å². The van der Waals surface area contributed by atoms with E-state index in [-0.39, 0.29) is 24.3 Å². The highest BCUT2D eigenvalue weighted by molar-refractivity contribution is 5.81. The molecular formula is C18H27N3O4. The Morgan fingerprint density at radius 1 is 1.24 bits per heavy atom. The van der Waals surface area contributed by atoms with Gasteiger partial charge in [-0.3, -0.25) is 9.59 Å². The average molecular weight is 349 g/mol. The van der Waals surface area contributed by atoms with Gasteiger partial charge in [-0.15, -0.1) is 0 Å². The lowest BCUT2D eigenvalue weighted by atomic mass is 9.97. The molecule has 0 spiro atoms. The highest BCUT2D eigenvalue weighted by Gasteiger charge is 2.28. The molecule has 138 valence electrons. The Hall–Kier alpha value is -2.12. The van der Waals surface area contributed by atoms with E-state index >= 15 is 0 Å². The van der Waals surface area contributed by atoms with Crippen LogP contribution in [0.2, 0.25) is 0 Å². The number of para-hydroxylation sites is 1. The Morgan fingerprint density at radius 2 is 2.04 bits per heavy atom. The van der Waals surface area contributed by atoms with Crippen LogP contribution < -0.4 is 15.8 Å². The fourth-order valence-corrected chi connectivity index (χ4v) is 2.74. The van der Waals surface area contributed by atoms with Gasteiger partial charge in [-0.25, -0.2) is 0 Å². The fourth-order valence-electron chi connectivity index (χ4n) is 2.74. The smallest absolute Gasteiger partial charge is 0.248 e. The van der Waals surface area contributed by atoms with Crippen molar-refractivity contribution in [3.05, 3.63) is 30.3 Å². The van der Waals surface area contributed by atoms with Crippen molar-refractivity contribution >= 4 is 11.8 Å². The number of piperidine rings is 1. The maximum Gasteiger partial charge on any atom is 0.248 e. The van der Waals surface area contributed by atoms with Gasteiger partial charge in [0.1, 0.15) is 19.0 Å².